The van der Waals surface area contributed by atoms with Crippen molar-refractivity contribution in [2.75, 3.05) is 46.2 Å². The van der Waals surface area contributed by atoms with E-state index in [1.807, 2.05) is 189 Å². The standard InChI is InChI=1S/C60H69N3O12/c1-45-53(68-39-47-22-10-3-11-23-47)55(70-41-49-26-14-5-15-27-49)57(72-43-51-30-18-7-19-31-51)60(73-45)75-58-56(71-42-50-28-16-6-17-29-50)54(69-40-48-24-12-4-13-25-48)52(44-66-38-46-20-8-2-9-21-46)74-59(58)67-37-36-65-35-34-64-33-32-62-63-61/h2-31,45,52-60H,32-44H2,1H3/t45-,52+,53+,54-,55+,56-,57-,58+,59+,60-/m0/s1. The predicted molar refractivity (Wildman–Crippen MR) is 281 cm³/mol. The van der Waals surface area contributed by atoms with Crippen LogP contribution in [0.2, 0.25) is 0 Å². The number of benzene rings is 6. The summed E-state index contributed by atoms with van der Waals surface area (Å²) in [5, 5.41) is 3.52. The van der Waals surface area contributed by atoms with E-state index in [0.29, 0.717) is 33.0 Å². The van der Waals surface area contributed by atoms with E-state index in [1.54, 1.807) is 0 Å². The average molecular weight is 1020 g/mol. The molecule has 396 valence electrons. The first-order valence-corrected chi connectivity index (χ1v) is 25.7. The molecule has 10 atom stereocenters. The maximum absolute atomic E-state index is 8.61. The van der Waals surface area contributed by atoms with Crippen LogP contribution in [0.3, 0.4) is 0 Å². The first-order valence-electron chi connectivity index (χ1n) is 25.7. The van der Waals surface area contributed by atoms with E-state index < -0.39 is 61.4 Å². The fraction of sp³-hybridized carbons (Fsp3) is 0.400. The molecular formula is C60H69N3O12. The van der Waals surface area contributed by atoms with Gasteiger partial charge in [-0.2, -0.15) is 0 Å². The van der Waals surface area contributed by atoms with Gasteiger partial charge in [0.15, 0.2) is 12.6 Å². The molecule has 2 heterocycles. The summed E-state index contributed by atoms with van der Waals surface area (Å²) in [5.74, 6) is 0. The minimum atomic E-state index is -1.07. The second-order valence-corrected chi connectivity index (χ2v) is 18.2. The van der Waals surface area contributed by atoms with Crippen molar-refractivity contribution in [1.82, 2.24) is 0 Å². The van der Waals surface area contributed by atoms with Crippen molar-refractivity contribution in [1.29, 1.82) is 0 Å². The van der Waals surface area contributed by atoms with Crippen LogP contribution in [0.25, 0.3) is 10.4 Å². The third-order valence-corrected chi connectivity index (χ3v) is 12.7. The van der Waals surface area contributed by atoms with Crippen molar-refractivity contribution >= 4 is 0 Å². The van der Waals surface area contributed by atoms with Crippen LogP contribution in [0.15, 0.2) is 187 Å². The number of azide groups is 1. The monoisotopic (exact) mass is 1020 g/mol. The van der Waals surface area contributed by atoms with Crippen LogP contribution in [-0.4, -0.2) is 108 Å². The maximum Gasteiger partial charge on any atom is 0.187 e. The number of hydrogen-bond acceptors (Lipinski definition) is 13. The molecule has 2 aliphatic rings. The summed E-state index contributed by atoms with van der Waals surface area (Å²) in [6.07, 6.45) is -8.04. The van der Waals surface area contributed by atoms with Gasteiger partial charge in [0.05, 0.1) is 85.4 Å². The van der Waals surface area contributed by atoms with Gasteiger partial charge in [-0.1, -0.05) is 187 Å². The van der Waals surface area contributed by atoms with Gasteiger partial charge in [-0.3, -0.25) is 0 Å². The van der Waals surface area contributed by atoms with Crippen molar-refractivity contribution < 1.29 is 56.8 Å². The van der Waals surface area contributed by atoms with Crippen LogP contribution < -0.4 is 0 Å². The van der Waals surface area contributed by atoms with E-state index in [0.717, 1.165) is 33.4 Å². The van der Waals surface area contributed by atoms with Crippen molar-refractivity contribution in [3.05, 3.63) is 226 Å². The molecule has 6 aromatic rings. The first-order chi connectivity index (χ1) is 37.1. The van der Waals surface area contributed by atoms with Crippen LogP contribution in [0.4, 0.5) is 0 Å². The highest BCUT2D eigenvalue weighted by atomic mass is 16.8. The molecule has 0 radical (unpaired) electrons. The van der Waals surface area contributed by atoms with Crippen molar-refractivity contribution in [2.45, 2.75) is 108 Å². The highest BCUT2D eigenvalue weighted by molar-refractivity contribution is 5.18. The van der Waals surface area contributed by atoms with E-state index in [9.17, 15) is 0 Å². The Labute approximate surface area is 440 Å². The predicted octanol–water partition coefficient (Wildman–Crippen LogP) is 10.3. The topological polar surface area (TPSA) is 160 Å². The Hall–Kier alpha value is -5.85. The molecular weight excluding hydrogens is 955 g/mol. The van der Waals surface area contributed by atoms with E-state index in [-0.39, 0.29) is 52.8 Å². The van der Waals surface area contributed by atoms with E-state index in [4.69, 9.17) is 62.4 Å². The Balaban J connectivity index is 1.14. The Kier molecular flexibility index (Phi) is 23.1. The van der Waals surface area contributed by atoms with E-state index in [2.05, 4.69) is 10.0 Å². The van der Waals surface area contributed by atoms with Gasteiger partial charge in [0.2, 0.25) is 0 Å². The lowest BCUT2D eigenvalue weighted by Gasteiger charge is -2.50. The van der Waals surface area contributed by atoms with Crippen LogP contribution >= 0.6 is 0 Å². The average Bonchev–Trinajstić information content (AvgIpc) is 3.45. The Bertz CT molecular complexity index is 2500. The van der Waals surface area contributed by atoms with Gasteiger partial charge in [0.25, 0.3) is 0 Å². The van der Waals surface area contributed by atoms with E-state index in [1.165, 1.54) is 0 Å². The van der Waals surface area contributed by atoms with Gasteiger partial charge in [-0.25, -0.2) is 0 Å². The summed E-state index contributed by atoms with van der Waals surface area (Å²) in [4.78, 5) is 2.78. The Morgan fingerprint density at radius 1 is 0.387 bits per heavy atom. The second kappa shape index (κ2) is 31.3. The number of ether oxygens (including phenoxy) is 12. The molecule has 0 unspecified atom stereocenters. The molecule has 2 aliphatic heterocycles. The van der Waals surface area contributed by atoms with Crippen molar-refractivity contribution in [3.8, 4) is 0 Å². The maximum atomic E-state index is 8.61. The highest BCUT2D eigenvalue weighted by Gasteiger charge is 2.54. The van der Waals surface area contributed by atoms with E-state index >= 15 is 0 Å². The smallest absolute Gasteiger partial charge is 0.187 e. The molecule has 0 bridgehead atoms. The molecule has 2 fully saturated rings. The third-order valence-electron chi connectivity index (χ3n) is 12.7. The zero-order valence-electron chi connectivity index (χ0n) is 42.5. The molecule has 0 saturated carbocycles. The molecule has 0 spiro atoms. The molecule has 0 amide bonds. The first kappa shape index (κ1) is 55.4. The summed E-state index contributed by atoms with van der Waals surface area (Å²) in [6.45, 7) is 5.23. The Morgan fingerprint density at radius 3 is 1.24 bits per heavy atom. The SMILES string of the molecule is C[C@@H]1O[C@@H](O[C@H]2[C@H](OCCOCCOCCN=[N+]=[N-])O[C@H](COCc3ccccc3)[C@H](OCc3ccccc3)[C@@H]2OCc2ccccc2)[C@@H](OCc2ccccc2)[C@H](OCc2ccccc2)[C@@H]1OCc1ccccc1. The minimum Gasteiger partial charge on any atom is -0.379 e. The molecule has 2 saturated heterocycles. The zero-order valence-corrected chi connectivity index (χ0v) is 42.5. The van der Waals surface area contributed by atoms with Gasteiger partial charge >= 0.3 is 0 Å². The van der Waals surface area contributed by atoms with Gasteiger partial charge < -0.3 is 56.8 Å². The fourth-order valence-electron chi connectivity index (χ4n) is 8.91. The summed E-state index contributed by atoms with van der Waals surface area (Å²) in [7, 11) is 0. The van der Waals surface area contributed by atoms with Crippen molar-refractivity contribution in [3.63, 3.8) is 0 Å². The minimum absolute atomic E-state index is 0.121. The Morgan fingerprint density at radius 2 is 0.773 bits per heavy atom. The van der Waals surface area contributed by atoms with Crippen molar-refractivity contribution in [2.24, 2.45) is 5.11 Å². The third kappa shape index (κ3) is 17.9. The molecule has 0 aliphatic carbocycles. The molecule has 0 aromatic heterocycles. The lowest BCUT2D eigenvalue weighted by Crippen LogP contribution is -2.66. The van der Waals surface area contributed by atoms with Gasteiger partial charge in [0, 0.05) is 11.5 Å². The normalized spacial score (nSPS) is 23.6. The van der Waals surface area contributed by atoms with Crippen LogP contribution in [0.1, 0.15) is 40.3 Å². The lowest BCUT2D eigenvalue weighted by molar-refractivity contribution is -0.381. The number of rotatable bonds is 31. The van der Waals surface area contributed by atoms with Gasteiger partial charge in [-0.05, 0) is 45.8 Å². The fourth-order valence-corrected chi connectivity index (χ4v) is 8.91. The second-order valence-electron chi connectivity index (χ2n) is 18.2. The van der Waals surface area contributed by atoms with Crippen LogP contribution in [0, 0.1) is 0 Å². The van der Waals surface area contributed by atoms with Crippen LogP contribution in [-0.2, 0) is 96.5 Å². The van der Waals surface area contributed by atoms with Gasteiger partial charge in [0.1, 0.15) is 42.7 Å². The molecule has 6 aromatic carbocycles. The lowest BCUT2D eigenvalue weighted by atomic mass is 9.96. The summed E-state index contributed by atoms with van der Waals surface area (Å²) in [6, 6.07) is 60.0. The highest BCUT2D eigenvalue weighted by Crippen LogP contribution is 2.37. The molecule has 8 rings (SSSR count). The summed E-state index contributed by atoms with van der Waals surface area (Å²) in [5.41, 5.74) is 14.5. The zero-order chi connectivity index (χ0) is 51.5. The quantitative estimate of drug-likeness (QED) is 0.0176. The summed E-state index contributed by atoms with van der Waals surface area (Å²) < 4.78 is 80.9. The largest absolute Gasteiger partial charge is 0.379 e. The molecule has 15 heteroatoms. The molecule has 75 heavy (non-hydrogen) atoms. The number of nitrogens with zero attached hydrogens (tertiary/aromatic N) is 3. The number of hydrogen-bond donors (Lipinski definition) is 0. The van der Waals surface area contributed by atoms with Crippen LogP contribution in [0.5, 0.6) is 0 Å². The van der Waals surface area contributed by atoms with Gasteiger partial charge in [-0.15, -0.1) is 0 Å². The molecule has 15 nitrogen and oxygen atoms in total. The summed E-state index contributed by atoms with van der Waals surface area (Å²) >= 11 is 0. The molecule has 0 N–H and O–H groups in total.